The summed E-state index contributed by atoms with van der Waals surface area (Å²) in [7, 11) is 0. The van der Waals surface area contributed by atoms with Gasteiger partial charge in [-0.05, 0) is 22.4 Å². The number of fused-ring (bicyclic) bond motifs is 2. The molecule has 0 aliphatic rings. The fraction of sp³-hybridized carbons (Fsp3) is 0.227. The Balaban J connectivity index is 0.00000225. The number of non-ortho nitro benzene ring substituents is 1. The van der Waals surface area contributed by atoms with Crippen LogP contribution in [0.5, 0.6) is 0 Å². The van der Waals surface area contributed by atoms with Gasteiger partial charge < -0.3 is 4.57 Å². The third kappa shape index (κ3) is 3.40. The summed E-state index contributed by atoms with van der Waals surface area (Å²) in [4.78, 5) is 15.8. The number of benzene rings is 3. The zero-order valence-corrected chi connectivity index (χ0v) is 16.6. The lowest BCUT2D eigenvalue weighted by molar-refractivity contribution is -0.383. The molecule has 0 amide bonds. The molecule has 3 aromatic carbocycles. The first kappa shape index (κ1) is 20.0. The Labute approximate surface area is 172 Å². The van der Waals surface area contributed by atoms with Crippen molar-refractivity contribution in [2.24, 2.45) is 0 Å². The molecule has 5 nitrogen and oxygen atoms in total. The molecule has 0 atom stereocenters. The normalized spacial score (nSPS) is 11.1. The lowest BCUT2D eigenvalue weighted by Gasteiger charge is -2.13. The van der Waals surface area contributed by atoms with E-state index in [1.54, 1.807) is 0 Å². The first-order valence-electron chi connectivity index (χ1n) is 8.76. The maximum atomic E-state index is 11.5. The van der Waals surface area contributed by atoms with Crippen LogP contribution in [0.25, 0.3) is 21.8 Å². The molecule has 0 fully saturated rings. The SMILES string of the molecule is C.CC(C)c1nc2c([N+](=O)[O-])cc(Br)cc2n1Cc1cccc2ccccc12. The van der Waals surface area contributed by atoms with Crippen molar-refractivity contribution in [3.05, 3.63) is 80.6 Å². The van der Waals surface area contributed by atoms with Gasteiger partial charge in [-0.15, -0.1) is 0 Å². The molecule has 0 saturated heterocycles. The van der Waals surface area contributed by atoms with E-state index in [1.165, 1.54) is 16.8 Å². The Hall–Kier alpha value is -2.73. The standard InChI is InChI=1S/C21H18BrN3O2.CH4/c1-13(2)21-23-20-18(10-16(22)11-19(20)25(26)27)24(21)12-15-8-5-7-14-6-3-4-9-17(14)15;/h3-11,13H,12H2,1-2H3;1H4. The Bertz CT molecular complexity index is 1180. The van der Waals surface area contributed by atoms with E-state index in [0.29, 0.717) is 16.5 Å². The van der Waals surface area contributed by atoms with Crippen molar-refractivity contribution in [3.63, 3.8) is 0 Å². The number of rotatable bonds is 4. The van der Waals surface area contributed by atoms with Gasteiger partial charge in [0, 0.05) is 23.0 Å². The maximum Gasteiger partial charge on any atom is 0.298 e. The fourth-order valence-electron chi connectivity index (χ4n) is 3.54. The third-order valence-electron chi connectivity index (χ3n) is 4.75. The molecule has 6 heteroatoms. The average Bonchev–Trinajstić information content (AvgIpc) is 3.00. The largest absolute Gasteiger partial charge is 0.323 e. The molecule has 0 unspecified atom stereocenters. The number of nitrogens with zero attached hydrogens (tertiary/aromatic N) is 3. The Morgan fingerprint density at radius 1 is 1.14 bits per heavy atom. The zero-order chi connectivity index (χ0) is 19.1. The number of imidazole rings is 1. The van der Waals surface area contributed by atoms with Crippen LogP contribution in [0.4, 0.5) is 5.69 Å². The van der Waals surface area contributed by atoms with Crippen molar-refractivity contribution in [2.75, 3.05) is 0 Å². The number of hydrogen-bond acceptors (Lipinski definition) is 3. The summed E-state index contributed by atoms with van der Waals surface area (Å²) in [5.41, 5.74) is 2.40. The first-order chi connectivity index (χ1) is 13.0. The minimum absolute atomic E-state index is 0. The quantitative estimate of drug-likeness (QED) is 0.263. The van der Waals surface area contributed by atoms with Gasteiger partial charge >= 0.3 is 0 Å². The van der Waals surface area contributed by atoms with Crippen molar-refractivity contribution in [1.82, 2.24) is 9.55 Å². The van der Waals surface area contributed by atoms with Crippen LogP contribution in [0.1, 0.15) is 38.6 Å². The molecule has 0 radical (unpaired) electrons. The highest BCUT2D eigenvalue weighted by Crippen LogP contribution is 2.33. The molecule has 0 spiro atoms. The van der Waals surface area contributed by atoms with Crippen molar-refractivity contribution in [1.29, 1.82) is 0 Å². The van der Waals surface area contributed by atoms with Crippen molar-refractivity contribution in [3.8, 4) is 0 Å². The Kier molecular flexibility index (Phi) is 5.52. The summed E-state index contributed by atoms with van der Waals surface area (Å²) in [6, 6.07) is 17.9. The lowest BCUT2D eigenvalue weighted by atomic mass is 10.0. The lowest BCUT2D eigenvalue weighted by Crippen LogP contribution is -2.07. The molecule has 1 aromatic heterocycles. The fourth-order valence-corrected chi connectivity index (χ4v) is 3.97. The molecule has 144 valence electrons. The summed E-state index contributed by atoms with van der Waals surface area (Å²) < 4.78 is 2.77. The summed E-state index contributed by atoms with van der Waals surface area (Å²) in [6.45, 7) is 4.72. The molecule has 0 saturated carbocycles. The molecule has 0 bridgehead atoms. The van der Waals surface area contributed by atoms with Gasteiger partial charge in [-0.25, -0.2) is 4.98 Å². The smallest absolute Gasteiger partial charge is 0.298 e. The van der Waals surface area contributed by atoms with Gasteiger partial charge in [-0.2, -0.15) is 0 Å². The van der Waals surface area contributed by atoms with Crippen molar-refractivity contribution >= 4 is 43.4 Å². The number of aromatic nitrogens is 2. The highest BCUT2D eigenvalue weighted by molar-refractivity contribution is 9.10. The average molecular weight is 440 g/mol. The molecule has 0 N–H and O–H groups in total. The molecular weight excluding hydrogens is 418 g/mol. The van der Waals surface area contributed by atoms with E-state index in [1.807, 2.05) is 24.3 Å². The minimum Gasteiger partial charge on any atom is -0.323 e. The van der Waals surface area contributed by atoms with E-state index in [-0.39, 0.29) is 24.0 Å². The van der Waals surface area contributed by atoms with Crippen molar-refractivity contribution in [2.45, 2.75) is 33.7 Å². The van der Waals surface area contributed by atoms with Crippen LogP contribution >= 0.6 is 15.9 Å². The highest BCUT2D eigenvalue weighted by Gasteiger charge is 2.22. The topological polar surface area (TPSA) is 61.0 Å². The van der Waals surface area contributed by atoms with Crippen LogP contribution < -0.4 is 0 Å². The summed E-state index contributed by atoms with van der Waals surface area (Å²) in [6.07, 6.45) is 0. The van der Waals surface area contributed by atoms with Gasteiger partial charge in [-0.1, -0.05) is 79.7 Å². The zero-order valence-electron chi connectivity index (χ0n) is 15.0. The predicted molar refractivity (Wildman–Crippen MR) is 118 cm³/mol. The van der Waals surface area contributed by atoms with Crippen LogP contribution in [0.3, 0.4) is 0 Å². The Morgan fingerprint density at radius 3 is 2.57 bits per heavy atom. The van der Waals surface area contributed by atoms with Crippen molar-refractivity contribution < 1.29 is 4.92 Å². The number of halogens is 1. The maximum absolute atomic E-state index is 11.5. The van der Waals surface area contributed by atoms with E-state index in [9.17, 15) is 10.1 Å². The summed E-state index contributed by atoms with van der Waals surface area (Å²) >= 11 is 3.41. The summed E-state index contributed by atoms with van der Waals surface area (Å²) in [5.74, 6) is 0.991. The summed E-state index contributed by atoms with van der Waals surface area (Å²) in [5, 5.41) is 13.9. The van der Waals surface area contributed by atoms with Gasteiger partial charge in [0.25, 0.3) is 5.69 Å². The second-order valence-electron chi connectivity index (χ2n) is 6.90. The number of nitro benzene ring substituents is 1. The monoisotopic (exact) mass is 439 g/mol. The third-order valence-corrected chi connectivity index (χ3v) is 5.21. The molecule has 1 heterocycles. The van der Waals surface area contributed by atoms with Crippen LogP contribution in [0.15, 0.2) is 59.1 Å². The first-order valence-corrected chi connectivity index (χ1v) is 9.55. The Morgan fingerprint density at radius 2 is 1.86 bits per heavy atom. The van der Waals surface area contributed by atoms with Crippen LogP contribution in [0, 0.1) is 10.1 Å². The van der Waals surface area contributed by atoms with Gasteiger partial charge in [-0.3, -0.25) is 10.1 Å². The number of hydrogen-bond donors (Lipinski definition) is 0. The molecule has 28 heavy (non-hydrogen) atoms. The van der Waals surface area contributed by atoms with Gasteiger partial charge in [0.2, 0.25) is 0 Å². The second-order valence-corrected chi connectivity index (χ2v) is 7.81. The molecule has 4 aromatic rings. The molecule has 4 rings (SSSR count). The molecule has 0 aliphatic heterocycles. The minimum atomic E-state index is -0.369. The van der Waals surface area contributed by atoms with E-state index >= 15 is 0 Å². The predicted octanol–water partition coefficient (Wildman–Crippen LogP) is 6.67. The second kappa shape index (κ2) is 7.72. The van der Waals surface area contributed by atoms with Crippen LogP contribution in [0.2, 0.25) is 0 Å². The van der Waals surface area contributed by atoms with E-state index in [0.717, 1.165) is 16.9 Å². The van der Waals surface area contributed by atoms with E-state index in [4.69, 9.17) is 0 Å². The van der Waals surface area contributed by atoms with Gasteiger partial charge in [0.05, 0.1) is 10.4 Å². The molecule has 0 aliphatic carbocycles. The van der Waals surface area contributed by atoms with E-state index in [2.05, 4.69) is 63.6 Å². The van der Waals surface area contributed by atoms with E-state index < -0.39 is 0 Å². The van der Waals surface area contributed by atoms with Crippen LogP contribution in [-0.4, -0.2) is 14.5 Å². The van der Waals surface area contributed by atoms with Crippen LogP contribution in [-0.2, 0) is 6.54 Å². The van der Waals surface area contributed by atoms with Gasteiger partial charge in [0.15, 0.2) is 5.52 Å². The highest BCUT2D eigenvalue weighted by atomic mass is 79.9. The molecular formula is C22H22BrN3O2. The van der Waals surface area contributed by atoms with Gasteiger partial charge in [0.1, 0.15) is 5.82 Å². The number of nitro groups is 1.